The van der Waals surface area contributed by atoms with Gasteiger partial charge in [-0.05, 0) is 24.1 Å². The maximum atomic E-state index is 11.0. The number of carbonyl (C=O) groups is 1. The molecule has 0 unspecified atom stereocenters. The van der Waals surface area contributed by atoms with E-state index >= 15 is 0 Å². The van der Waals surface area contributed by atoms with Gasteiger partial charge in [0, 0.05) is 13.0 Å². The van der Waals surface area contributed by atoms with Crippen LogP contribution >= 0.6 is 0 Å². The van der Waals surface area contributed by atoms with Crippen LogP contribution in [-0.4, -0.2) is 17.4 Å². The average molecular weight is 218 g/mol. The quantitative estimate of drug-likeness (QED) is 0.852. The Bertz CT molecular complexity index is 490. The van der Waals surface area contributed by atoms with Crippen LogP contribution in [0.5, 0.6) is 0 Å². The molecule has 84 valence electrons. The zero-order valence-electron chi connectivity index (χ0n) is 9.19. The minimum atomic E-state index is 0.0840. The number of benzene rings is 1. The lowest BCUT2D eigenvalue weighted by molar-refractivity contribution is -0.120. The lowest BCUT2D eigenvalue weighted by Gasteiger charge is -2.03. The number of carbonyl (C=O) groups excluding carboxylic acids is 1. The summed E-state index contributed by atoms with van der Waals surface area (Å²) in [5.74, 6) is 0.0840. The van der Waals surface area contributed by atoms with E-state index in [0.717, 1.165) is 23.1 Å². The highest BCUT2D eigenvalue weighted by Crippen LogP contribution is 2.14. The van der Waals surface area contributed by atoms with Crippen molar-refractivity contribution in [2.24, 2.45) is 0 Å². The topological polar surface area (TPSA) is 55.1 Å². The van der Waals surface area contributed by atoms with E-state index in [4.69, 9.17) is 4.42 Å². The first-order valence-electron chi connectivity index (χ1n) is 5.38. The van der Waals surface area contributed by atoms with Crippen molar-refractivity contribution in [3.63, 3.8) is 0 Å². The highest BCUT2D eigenvalue weighted by Gasteiger charge is 2.01. The van der Waals surface area contributed by atoms with Crippen LogP contribution in [0.3, 0.4) is 0 Å². The summed E-state index contributed by atoms with van der Waals surface area (Å²) in [5, 5.41) is 2.84. The van der Waals surface area contributed by atoms with Gasteiger partial charge in [0.15, 0.2) is 12.0 Å². The number of hydrogen-bond acceptors (Lipinski definition) is 3. The Morgan fingerprint density at radius 2 is 2.38 bits per heavy atom. The highest BCUT2D eigenvalue weighted by molar-refractivity contribution is 5.75. The number of hydrogen-bond donors (Lipinski definition) is 1. The van der Waals surface area contributed by atoms with Crippen molar-refractivity contribution in [2.75, 3.05) is 6.54 Å². The van der Waals surface area contributed by atoms with Gasteiger partial charge in [-0.1, -0.05) is 13.0 Å². The molecule has 16 heavy (non-hydrogen) atoms. The summed E-state index contributed by atoms with van der Waals surface area (Å²) in [6.45, 7) is 2.50. The largest absolute Gasteiger partial charge is 0.443 e. The molecular weight excluding hydrogens is 204 g/mol. The molecule has 1 heterocycles. The lowest BCUT2D eigenvalue weighted by atomic mass is 10.1. The highest BCUT2D eigenvalue weighted by atomic mass is 16.3. The molecule has 1 N–H and O–H groups in total. The van der Waals surface area contributed by atoms with Gasteiger partial charge < -0.3 is 9.73 Å². The number of amides is 1. The third-order valence-corrected chi connectivity index (χ3v) is 2.45. The molecule has 0 atom stereocenters. The molecule has 0 fully saturated rings. The summed E-state index contributed by atoms with van der Waals surface area (Å²) >= 11 is 0. The standard InChI is InChI=1S/C12H14N2O2/c1-2-12(15)13-6-5-9-3-4-10-11(7-9)16-8-14-10/h3-4,7-8H,2,5-6H2,1H3,(H,13,15). The van der Waals surface area contributed by atoms with E-state index in [1.54, 1.807) is 0 Å². The van der Waals surface area contributed by atoms with Crippen LogP contribution in [0.15, 0.2) is 29.0 Å². The molecule has 0 aliphatic carbocycles. The fraction of sp³-hybridized carbons (Fsp3) is 0.333. The lowest BCUT2D eigenvalue weighted by Crippen LogP contribution is -2.24. The van der Waals surface area contributed by atoms with Crippen molar-refractivity contribution >= 4 is 17.0 Å². The van der Waals surface area contributed by atoms with Gasteiger partial charge in [0.1, 0.15) is 5.52 Å². The monoisotopic (exact) mass is 218 g/mol. The first-order valence-corrected chi connectivity index (χ1v) is 5.38. The SMILES string of the molecule is CCC(=O)NCCc1ccc2ncoc2c1. The summed E-state index contributed by atoms with van der Waals surface area (Å²) in [4.78, 5) is 15.1. The second-order valence-electron chi connectivity index (χ2n) is 3.61. The number of nitrogens with one attached hydrogen (secondary N) is 1. The second kappa shape index (κ2) is 4.79. The van der Waals surface area contributed by atoms with Crippen molar-refractivity contribution in [3.05, 3.63) is 30.2 Å². The molecule has 1 aromatic carbocycles. The molecular formula is C12H14N2O2. The fourth-order valence-electron chi connectivity index (χ4n) is 1.53. The van der Waals surface area contributed by atoms with Gasteiger partial charge >= 0.3 is 0 Å². The zero-order valence-corrected chi connectivity index (χ0v) is 9.19. The normalized spacial score (nSPS) is 10.6. The maximum Gasteiger partial charge on any atom is 0.219 e. The maximum absolute atomic E-state index is 11.0. The number of oxazole rings is 1. The molecule has 1 amide bonds. The molecule has 0 saturated carbocycles. The van der Waals surface area contributed by atoms with Crippen molar-refractivity contribution < 1.29 is 9.21 Å². The van der Waals surface area contributed by atoms with Crippen LogP contribution in [0.4, 0.5) is 0 Å². The molecule has 4 heteroatoms. The fourth-order valence-corrected chi connectivity index (χ4v) is 1.53. The summed E-state index contributed by atoms with van der Waals surface area (Å²) in [5.41, 5.74) is 2.79. The minimum absolute atomic E-state index is 0.0840. The van der Waals surface area contributed by atoms with Gasteiger partial charge in [-0.2, -0.15) is 0 Å². The van der Waals surface area contributed by atoms with Crippen molar-refractivity contribution in [2.45, 2.75) is 19.8 Å². The second-order valence-corrected chi connectivity index (χ2v) is 3.61. The first kappa shape index (κ1) is 10.7. The summed E-state index contributed by atoms with van der Waals surface area (Å²) in [7, 11) is 0. The van der Waals surface area contributed by atoms with E-state index < -0.39 is 0 Å². The van der Waals surface area contributed by atoms with E-state index in [9.17, 15) is 4.79 Å². The smallest absolute Gasteiger partial charge is 0.219 e. The van der Waals surface area contributed by atoms with E-state index in [1.807, 2.05) is 25.1 Å². The van der Waals surface area contributed by atoms with Crippen LogP contribution in [0, 0.1) is 0 Å². The van der Waals surface area contributed by atoms with Crippen LogP contribution in [0.25, 0.3) is 11.1 Å². The first-order chi connectivity index (χ1) is 7.79. The minimum Gasteiger partial charge on any atom is -0.443 e. The number of fused-ring (bicyclic) bond motifs is 1. The Morgan fingerprint density at radius 3 is 3.19 bits per heavy atom. The molecule has 4 nitrogen and oxygen atoms in total. The van der Waals surface area contributed by atoms with Crippen molar-refractivity contribution in [1.29, 1.82) is 0 Å². The Morgan fingerprint density at radius 1 is 1.50 bits per heavy atom. The molecule has 2 aromatic rings. The molecule has 0 spiro atoms. The molecule has 2 rings (SSSR count). The third-order valence-electron chi connectivity index (χ3n) is 2.45. The van der Waals surface area contributed by atoms with Crippen LogP contribution in [0.1, 0.15) is 18.9 Å². The van der Waals surface area contributed by atoms with Crippen molar-refractivity contribution in [3.8, 4) is 0 Å². The summed E-state index contributed by atoms with van der Waals surface area (Å²) < 4.78 is 5.21. The zero-order chi connectivity index (χ0) is 11.4. The van der Waals surface area contributed by atoms with Gasteiger partial charge in [0.05, 0.1) is 0 Å². The van der Waals surface area contributed by atoms with Gasteiger partial charge in [-0.3, -0.25) is 4.79 Å². The molecule has 0 aliphatic heterocycles. The molecule has 0 bridgehead atoms. The third kappa shape index (κ3) is 2.39. The van der Waals surface area contributed by atoms with Crippen LogP contribution in [0.2, 0.25) is 0 Å². The van der Waals surface area contributed by atoms with E-state index in [-0.39, 0.29) is 5.91 Å². The summed E-state index contributed by atoms with van der Waals surface area (Å²) in [6, 6.07) is 5.89. The van der Waals surface area contributed by atoms with Gasteiger partial charge in [0.25, 0.3) is 0 Å². The van der Waals surface area contributed by atoms with Crippen LogP contribution in [-0.2, 0) is 11.2 Å². The molecule has 0 saturated heterocycles. The molecule has 0 aliphatic rings. The molecule has 1 aromatic heterocycles. The van der Waals surface area contributed by atoms with E-state index in [1.165, 1.54) is 6.39 Å². The van der Waals surface area contributed by atoms with Crippen LogP contribution < -0.4 is 5.32 Å². The Balaban J connectivity index is 1.96. The van der Waals surface area contributed by atoms with Crippen molar-refractivity contribution in [1.82, 2.24) is 10.3 Å². The predicted molar refractivity (Wildman–Crippen MR) is 61.0 cm³/mol. The number of rotatable bonds is 4. The molecule has 0 radical (unpaired) electrons. The van der Waals surface area contributed by atoms with E-state index in [2.05, 4.69) is 10.3 Å². The Kier molecular flexibility index (Phi) is 3.19. The van der Waals surface area contributed by atoms with Gasteiger partial charge in [-0.25, -0.2) is 4.98 Å². The van der Waals surface area contributed by atoms with Gasteiger partial charge in [0.2, 0.25) is 5.91 Å². The van der Waals surface area contributed by atoms with Gasteiger partial charge in [-0.15, -0.1) is 0 Å². The average Bonchev–Trinajstić information content (AvgIpc) is 2.76. The number of nitrogens with zero attached hydrogens (tertiary/aromatic N) is 1. The van der Waals surface area contributed by atoms with E-state index in [0.29, 0.717) is 13.0 Å². The Labute approximate surface area is 93.7 Å². The summed E-state index contributed by atoms with van der Waals surface area (Å²) in [6.07, 6.45) is 2.77. The number of aromatic nitrogens is 1. The predicted octanol–water partition coefficient (Wildman–Crippen LogP) is 1.90. The Hall–Kier alpha value is -1.84.